The zero-order chi connectivity index (χ0) is 30.2. The van der Waals surface area contributed by atoms with Crippen LogP contribution in [0.15, 0.2) is 66.6 Å². The zero-order valence-corrected chi connectivity index (χ0v) is 19.0. The van der Waals surface area contributed by atoms with Gasteiger partial charge in [-0.3, -0.25) is 4.79 Å². The Morgan fingerprint density at radius 3 is 2.06 bits per heavy atom. The Kier molecular flexibility index (Phi) is 9.98. The summed E-state index contributed by atoms with van der Waals surface area (Å²) in [4.78, 5) is 12.0. The first-order valence-electron chi connectivity index (χ1n) is 15.2. The molecule has 0 heterocycles. The predicted octanol–water partition coefficient (Wildman–Crippen LogP) is 6.90. The molecule has 4 nitrogen and oxygen atoms in total. The van der Waals surface area contributed by atoms with Crippen LogP contribution in [0.4, 0.5) is 0 Å². The van der Waals surface area contributed by atoms with E-state index in [2.05, 4.69) is 5.32 Å². The summed E-state index contributed by atoms with van der Waals surface area (Å²) < 4.78 is 64.3. The highest BCUT2D eigenvalue weighted by atomic mass is 16.3. The predicted molar refractivity (Wildman–Crippen MR) is 135 cm³/mol. The molecule has 1 amide bonds. The van der Waals surface area contributed by atoms with Crippen molar-refractivity contribution in [3.05, 3.63) is 72.2 Å². The lowest BCUT2D eigenvalue weighted by Crippen LogP contribution is -2.25. The highest BCUT2D eigenvalue weighted by Crippen LogP contribution is 2.24. The number of amides is 1. The molecule has 0 saturated heterocycles. The number of hydrogen-bond acceptors (Lipinski definition) is 3. The van der Waals surface area contributed by atoms with Crippen molar-refractivity contribution < 1.29 is 26.0 Å². The zero-order valence-electron chi connectivity index (χ0n) is 27.0. The van der Waals surface area contributed by atoms with Crippen molar-refractivity contribution >= 4 is 5.91 Å². The molecule has 0 atom stereocenters. The summed E-state index contributed by atoms with van der Waals surface area (Å²) in [5, 5.41) is 21.6. The molecule has 3 N–H and O–H groups in total. The fraction of sp³-hybridized carbons (Fsp3) is 0.464. The van der Waals surface area contributed by atoms with E-state index in [1.807, 2.05) is 6.92 Å². The molecule has 32 heavy (non-hydrogen) atoms. The molecule has 1 rings (SSSR count). The number of unbranched alkanes of at least 4 members (excludes halogenated alkanes) is 2. The first-order chi connectivity index (χ1) is 18.8. The SMILES string of the molecule is [2H]C(CCCC(=O)NCCc1ccc(O)c(O)c1)=C([2H])C/C([2H])=C(/[2H])C/C([2H])=C(/[2H])C/C([2H])=C(/[2H])CCCCC. The monoisotopic (exact) mass is 447 g/mol. The number of benzene rings is 1. The lowest BCUT2D eigenvalue weighted by molar-refractivity contribution is -0.121. The van der Waals surface area contributed by atoms with Gasteiger partial charge in [0.15, 0.2) is 11.5 Å². The number of phenolic OH excluding ortho intramolecular Hbond substituents is 2. The topological polar surface area (TPSA) is 69.6 Å². The Labute approximate surface area is 205 Å². The summed E-state index contributed by atoms with van der Waals surface area (Å²) >= 11 is 0. The van der Waals surface area contributed by atoms with Crippen LogP contribution in [-0.4, -0.2) is 22.7 Å². The maximum Gasteiger partial charge on any atom is 0.220 e. The Morgan fingerprint density at radius 2 is 1.47 bits per heavy atom. The van der Waals surface area contributed by atoms with Gasteiger partial charge in [0.2, 0.25) is 5.91 Å². The fourth-order valence-corrected chi connectivity index (χ4v) is 2.64. The third kappa shape index (κ3) is 15.1. The molecule has 0 saturated carbocycles. The second-order valence-corrected chi connectivity index (χ2v) is 7.18. The molecule has 0 fully saturated rings. The van der Waals surface area contributed by atoms with Crippen LogP contribution in [0.1, 0.15) is 87.7 Å². The second-order valence-electron chi connectivity index (χ2n) is 7.18. The van der Waals surface area contributed by atoms with Crippen molar-refractivity contribution in [3.63, 3.8) is 0 Å². The molecule has 0 unspecified atom stereocenters. The van der Waals surface area contributed by atoms with Gasteiger partial charge in [0, 0.05) is 13.0 Å². The van der Waals surface area contributed by atoms with Gasteiger partial charge in [0.1, 0.15) is 0 Å². The van der Waals surface area contributed by atoms with Crippen LogP contribution in [0, 0.1) is 0 Å². The lowest BCUT2D eigenvalue weighted by Gasteiger charge is -2.06. The number of carbonyl (C=O) groups excluding carboxylic acids is 1. The maximum absolute atomic E-state index is 12.0. The van der Waals surface area contributed by atoms with Crippen molar-refractivity contribution in [1.29, 1.82) is 0 Å². The van der Waals surface area contributed by atoms with Gasteiger partial charge in [-0.15, -0.1) is 0 Å². The quantitative estimate of drug-likeness (QED) is 0.138. The van der Waals surface area contributed by atoms with Crippen molar-refractivity contribution in [2.75, 3.05) is 6.54 Å². The minimum atomic E-state index is -0.293. The molecular formula is C28H41NO3. The minimum absolute atomic E-state index is 0.0194. The van der Waals surface area contributed by atoms with Gasteiger partial charge in [-0.25, -0.2) is 0 Å². The fourth-order valence-electron chi connectivity index (χ4n) is 2.64. The molecule has 0 aliphatic heterocycles. The number of allylic oxidation sites excluding steroid dienone is 8. The van der Waals surface area contributed by atoms with Gasteiger partial charge in [-0.2, -0.15) is 0 Å². The van der Waals surface area contributed by atoms with Gasteiger partial charge >= 0.3 is 0 Å². The molecule has 1 aromatic carbocycles. The van der Waals surface area contributed by atoms with Crippen molar-refractivity contribution in [3.8, 4) is 11.5 Å². The van der Waals surface area contributed by atoms with Crippen molar-refractivity contribution in [1.82, 2.24) is 5.32 Å². The number of phenols is 2. The average Bonchev–Trinajstić information content (AvgIpc) is 2.90. The van der Waals surface area contributed by atoms with Crippen LogP contribution in [-0.2, 0) is 11.2 Å². The molecule has 1 aromatic rings. The van der Waals surface area contributed by atoms with E-state index in [1.54, 1.807) is 6.07 Å². The summed E-state index contributed by atoms with van der Waals surface area (Å²) in [6, 6.07) is 3.53. The van der Waals surface area contributed by atoms with E-state index in [9.17, 15) is 15.0 Å². The summed E-state index contributed by atoms with van der Waals surface area (Å²) in [6.45, 7) is 2.38. The molecular weight excluding hydrogens is 398 g/mol. The molecule has 0 aromatic heterocycles. The lowest BCUT2D eigenvalue weighted by atomic mass is 10.1. The van der Waals surface area contributed by atoms with Crippen molar-refractivity contribution in [2.24, 2.45) is 0 Å². The van der Waals surface area contributed by atoms with E-state index >= 15 is 0 Å². The second kappa shape index (κ2) is 19.0. The minimum Gasteiger partial charge on any atom is -0.504 e. The molecule has 176 valence electrons. The van der Waals surface area contributed by atoms with Gasteiger partial charge in [0.25, 0.3) is 0 Å². The van der Waals surface area contributed by atoms with Crippen LogP contribution < -0.4 is 5.32 Å². The van der Waals surface area contributed by atoms with Gasteiger partial charge in [0.05, 0.1) is 11.0 Å². The van der Waals surface area contributed by atoms with Crippen LogP contribution >= 0.6 is 0 Å². The summed E-state index contributed by atoms with van der Waals surface area (Å²) in [7, 11) is 0. The van der Waals surface area contributed by atoms with Crippen LogP contribution in [0.5, 0.6) is 11.5 Å². The third-order valence-corrected chi connectivity index (χ3v) is 4.42. The van der Waals surface area contributed by atoms with Crippen LogP contribution in [0.2, 0.25) is 0 Å². The number of aromatic hydroxyl groups is 2. The summed E-state index contributed by atoms with van der Waals surface area (Å²) in [6.07, 6.45) is 3.60. The molecule has 0 aliphatic carbocycles. The number of nitrogens with one attached hydrogen (secondary N) is 1. The molecule has 0 bridgehead atoms. The van der Waals surface area contributed by atoms with Crippen LogP contribution in [0.25, 0.3) is 0 Å². The smallest absolute Gasteiger partial charge is 0.220 e. The first-order valence-corrected chi connectivity index (χ1v) is 11.2. The van der Waals surface area contributed by atoms with E-state index in [0.717, 1.165) is 24.8 Å². The van der Waals surface area contributed by atoms with E-state index in [-0.39, 0.29) is 97.9 Å². The average molecular weight is 448 g/mol. The number of rotatable bonds is 17. The highest BCUT2D eigenvalue weighted by Gasteiger charge is 2.03. The Bertz CT molecular complexity index is 1130. The van der Waals surface area contributed by atoms with Gasteiger partial charge in [-0.1, -0.05) is 74.2 Å². The summed E-state index contributed by atoms with van der Waals surface area (Å²) in [5.41, 5.74) is 0.753. The normalized spacial score (nSPS) is 18.0. The third-order valence-electron chi connectivity index (χ3n) is 4.42. The molecule has 0 radical (unpaired) electrons. The van der Waals surface area contributed by atoms with E-state index < -0.39 is 0 Å². The van der Waals surface area contributed by atoms with E-state index in [4.69, 9.17) is 11.0 Å². The Morgan fingerprint density at radius 1 is 0.875 bits per heavy atom. The Hall–Kier alpha value is -2.75. The van der Waals surface area contributed by atoms with E-state index in [0.29, 0.717) is 25.8 Å². The highest BCUT2D eigenvalue weighted by molar-refractivity contribution is 5.75. The Balaban J connectivity index is 2.54. The van der Waals surface area contributed by atoms with Gasteiger partial charge < -0.3 is 15.5 Å². The first kappa shape index (κ1) is 16.8. The molecule has 0 aliphatic rings. The van der Waals surface area contributed by atoms with Gasteiger partial charge in [-0.05, 0) is 69.1 Å². The van der Waals surface area contributed by atoms with E-state index in [1.165, 1.54) is 12.1 Å². The van der Waals surface area contributed by atoms with Crippen molar-refractivity contribution in [2.45, 2.75) is 77.6 Å². The standard InChI is InChI=1S/C28H41NO3/c1-2-3-4-5-6-7-8-9-10-11-12-13-14-15-16-17-18-19-28(32)29-23-22-25-20-21-26(30)27(31)24-25/h6-7,9-10,12-13,15-16,20-21,24,30-31H,2-5,8,11,14,17-19,22-23H2,1H3,(H,29,32)/b7-6-,10-9-,13-12-,16-15?/i6D,7D,9D,10D,12D,13D,15D,16D. The molecule has 0 spiro atoms. The number of hydrogen-bond donors (Lipinski definition) is 3. The molecule has 4 heteroatoms. The maximum atomic E-state index is 12.0. The largest absolute Gasteiger partial charge is 0.504 e. The summed E-state index contributed by atoms with van der Waals surface area (Å²) in [5.74, 6) is -0.656. The van der Waals surface area contributed by atoms with Crippen LogP contribution in [0.3, 0.4) is 0 Å². The number of carbonyl (C=O) groups is 1.